The van der Waals surface area contributed by atoms with Crippen molar-refractivity contribution in [2.45, 2.75) is 32.9 Å². The summed E-state index contributed by atoms with van der Waals surface area (Å²) >= 11 is 0. The van der Waals surface area contributed by atoms with Gasteiger partial charge in [-0.2, -0.15) is 0 Å². The van der Waals surface area contributed by atoms with Gasteiger partial charge in [0.2, 0.25) is 11.8 Å². The van der Waals surface area contributed by atoms with Crippen LogP contribution in [0.15, 0.2) is 18.2 Å². The molecule has 0 aliphatic carbocycles. The van der Waals surface area contributed by atoms with Crippen LogP contribution < -0.4 is 10.1 Å². The molecule has 1 aromatic carbocycles. The van der Waals surface area contributed by atoms with E-state index in [1.54, 1.807) is 37.3 Å². The van der Waals surface area contributed by atoms with E-state index in [4.69, 9.17) is 9.47 Å². The molecule has 0 saturated carbocycles. The van der Waals surface area contributed by atoms with Gasteiger partial charge in [0.1, 0.15) is 12.4 Å². The van der Waals surface area contributed by atoms with Crippen LogP contribution in [0.5, 0.6) is 5.75 Å². The highest BCUT2D eigenvalue weighted by Gasteiger charge is 2.30. The molecule has 0 fully saturated rings. The zero-order chi connectivity index (χ0) is 24.0. The van der Waals surface area contributed by atoms with Crippen LogP contribution in [-0.2, 0) is 14.3 Å². The van der Waals surface area contributed by atoms with Crippen LogP contribution in [0.25, 0.3) is 0 Å². The van der Waals surface area contributed by atoms with Gasteiger partial charge >= 0.3 is 0 Å². The van der Waals surface area contributed by atoms with E-state index in [-0.39, 0.29) is 48.9 Å². The molecule has 0 radical (unpaired) electrons. The number of carbonyl (C=O) groups excluding carboxylic acids is 3. The van der Waals surface area contributed by atoms with Gasteiger partial charge in [-0.1, -0.05) is 6.92 Å². The highest BCUT2D eigenvalue weighted by molar-refractivity contribution is 5.98. The van der Waals surface area contributed by atoms with Gasteiger partial charge in [0.15, 0.2) is 0 Å². The molecule has 0 aromatic heterocycles. The largest absolute Gasteiger partial charge is 0.491 e. The maximum atomic E-state index is 13.2. The van der Waals surface area contributed by atoms with Crippen molar-refractivity contribution in [1.29, 1.82) is 0 Å². The lowest BCUT2D eigenvalue weighted by atomic mass is 10.0. The number of rotatable bonds is 4. The molecule has 0 spiro atoms. The highest BCUT2D eigenvalue weighted by atomic mass is 16.5. The van der Waals surface area contributed by atoms with Gasteiger partial charge in [0, 0.05) is 51.8 Å². The lowest BCUT2D eigenvalue weighted by Crippen LogP contribution is -2.50. The molecular formula is C23H36N4O5. The Morgan fingerprint density at radius 2 is 1.94 bits per heavy atom. The summed E-state index contributed by atoms with van der Waals surface area (Å²) in [7, 11) is 7.06. The second kappa shape index (κ2) is 11.3. The number of anilines is 1. The Kier molecular flexibility index (Phi) is 9.03. The average Bonchev–Trinajstić information content (AvgIpc) is 2.71. The predicted octanol–water partition coefficient (Wildman–Crippen LogP) is 1.54. The van der Waals surface area contributed by atoms with Crippen LogP contribution in [0.3, 0.4) is 0 Å². The van der Waals surface area contributed by atoms with E-state index < -0.39 is 0 Å². The molecule has 1 aliphatic rings. The molecule has 3 atom stereocenters. The molecule has 0 saturated heterocycles. The molecule has 178 valence electrons. The lowest BCUT2D eigenvalue weighted by Gasteiger charge is -2.36. The zero-order valence-electron chi connectivity index (χ0n) is 20.2. The van der Waals surface area contributed by atoms with Gasteiger partial charge in [-0.15, -0.1) is 0 Å². The van der Waals surface area contributed by atoms with Crippen LogP contribution in [0.2, 0.25) is 0 Å². The Hall–Kier alpha value is -2.65. The molecule has 0 unspecified atom stereocenters. The molecule has 1 N–H and O–H groups in total. The molecule has 1 aliphatic heterocycles. The third-order valence-electron chi connectivity index (χ3n) is 5.54. The summed E-state index contributed by atoms with van der Waals surface area (Å²) < 4.78 is 11.8. The summed E-state index contributed by atoms with van der Waals surface area (Å²) in [5.74, 6) is -0.0430. The van der Waals surface area contributed by atoms with Crippen LogP contribution in [-0.4, -0.2) is 99.1 Å². The summed E-state index contributed by atoms with van der Waals surface area (Å²) in [6, 6.07) is 4.74. The fraction of sp³-hybridized carbons (Fsp3) is 0.609. The van der Waals surface area contributed by atoms with E-state index in [1.165, 1.54) is 6.92 Å². The molecule has 9 heteroatoms. The number of carbonyl (C=O) groups is 3. The number of nitrogens with one attached hydrogen (secondary N) is 1. The Morgan fingerprint density at radius 1 is 1.25 bits per heavy atom. The van der Waals surface area contributed by atoms with Crippen molar-refractivity contribution in [2.24, 2.45) is 5.92 Å². The van der Waals surface area contributed by atoms with Crippen molar-refractivity contribution >= 4 is 23.4 Å². The van der Waals surface area contributed by atoms with Crippen LogP contribution in [0, 0.1) is 5.92 Å². The smallest absolute Gasteiger partial charge is 0.257 e. The second-order valence-corrected chi connectivity index (χ2v) is 8.77. The van der Waals surface area contributed by atoms with Crippen molar-refractivity contribution in [3.8, 4) is 5.75 Å². The van der Waals surface area contributed by atoms with Gasteiger partial charge in [0.05, 0.1) is 24.3 Å². The van der Waals surface area contributed by atoms with Crippen molar-refractivity contribution in [1.82, 2.24) is 14.7 Å². The quantitative estimate of drug-likeness (QED) is 0.751. The van der Waals surface area contributed by atoms with Crippen LogP contribution in [0.4, 0.5) is 5.69 Å². The number of methoxy groups -OCH3 is 1. The fourth-order valence-corrected chi connectivity index (χ4v) is 3.76. The number of hydrogen-bond acceptors (Lipinski definition) is 6. The van der Waals surface area contributed by atoms with Crippen LogP contribution in [0.1, 0.15) is 31.1 Å². The summed E-state index contributed by atoms with van der Waals surface area (Å²) in [6.07, 6.45) is -0.242. The molecule has 3 amide bonds. The van der Waals surface area contributed by atoms with Gasteiger partial charge in [-0.25, -0.2) is 0 Å². The first-order chi connectivity index (χ1) is 15.0. The molecule has 1 heterocycles. The Balaban J connectivity index is 2.45. The number of likely N-dealkylation sites (N-methyl/N-ethyl adjacent to an activating group) is 2. The first kappa shape index (κ1) is 25.6. The number of nitrogens with zero attached hydrogens (tertiary/aromatic N) is 3. The number of fused-ring (bicyclic) bond motifs is 1. The van der Waals surface area contributed by atoms with Crippen molar-refractivity contribution in [3.05, 3.63) is 23.8 Å². The van der Waals surface area contributed by atoms with Crippen molar-refractivity contribution in [3.63, 3.8) is 0 Å². The van der Waals surface area contributed by atoms with E-state index in [0.717, 1.165) is 0 Å². The van der Waals surface area contributed by atoms with E-state index in [1.807, 2.05) is 37.7 Å². The minimum atomic E-state index is -0.242. The summed E-state index contributed by atoms with van der Waals surface area (Å²) in [5, 5.41) is 2.72. The minimum Gasteiger partial charge on any atom is -0.491 e. The van der Waals surface area contributed by atoms with Gasteiger partial charge in [-0.3, -0.25) is 14.4 Å². The molecule has 32 heavy (non-hydrogen) atoms. The maximum absolute atomic E-state index is 13.2. The third kappa shape index (κ3) is 6.67. The van der Waals surface area contributed by atoms with Crippen molar-refractivity contribution < 1.29 is 23.9 Å². The Morgan fingerprint density at radius 3 is 2.53 bits per heavy atom. The molecule has 9 nitrogen and oxygen atoms in total. The van der Waals surface area contributed by atoms with Crippen LogP contribution >= 0.6 is 0 Å². The molecule has 2 rings (SSSR count). The number of ether oxygens (including phenoxy) is 2. The Labute approximate surface area is 190 Å². The standard InChI is InChI=1S/C23H36N4O5/c1-15-11-27(22(29)13-25(4)5)16(2)14-32-20-10-18(24-17(3)28)8-9-19(20)23(30)26(6)12-21(15)31-7/h8-10,15-16,21H,11-14H2,1-7H3,(H,24,28)/t15-,16-,21+/m0/s1. The normalized spacial score (nSPS) is 22.5. The molecule has 0 bridgehead atoms. The summed E-state index contributed by atoms with van der Waals surface area (Å²) in [6.45, 7) is 6.72. The lowest BCUT2D eigenvalue weighted by molar-refractivity contribution is -0.136. The number of hydrogen-bond donors (Lipinski definition) is 1. The van der Waals surface area contributed by atoms with Gasteiger partial charge in [0.25, 0.3) is 5.91 Å². The highest BCUT2D eigenvalue weighted by Crippen LogP contribution is 2.27. The average molecular weight is 449 g/mol. The number of benzene rings is 1. The summed E-state index contributed by atoms with van der Waals surface area (Å²) in [5.41, 5.74) is 0.929. The third-order valence-corrected chi connectivity index (χ3v) is 5.54. The van der Waals surface area contributed by atoms with E-state index >= 15 is 0 Å². The first-order valence-corrected chi connectivity index (χ1v) is 10.8. The topological polar surface area (TPSA) is 91.4 Å². The number of amides is 3. The van der Waals surface area contributed by atoms with E-state index in [0.29, 0.717) is 30.1 Å². The monoisotopic (exact) mass is 448 g/mol. The van der Waals surface area contributed by atoms with E-state index in [9.17, 15) is 14.4 Å². The molecule has 1 aromatic rings. The first-order valence-electron chi connectivity index (χ1n) is 10.8. The summed E-state index contributed by atoms with van der Waals surface area (Å²) in [4.78, 5) is 42.9. The zero-order valence-corrected chi connectivity index (χ0v) is 20.2. The van der Waals surface area contributed by atoms with Gasteiger partial charge in [-0.05, 0) is 33.2 Å². The Bertz CT molecular complexity index is 829. The second-order valence-electron chi connectivity index (χ2n) is 8.77. The van der Waals surface area contributed by atoms with Crippen molar-refractivity contribution in [2.75, 3.05) is 59.8 Å². The SMILES string of the molecule is CO[C@@H]1CN(C)C(=O)c2ccc(NC(C)=O)cc2OC[C@H](C)N(C(=O)CN(C)C)C[C@@H]1C. The molecular weight excluding hydrogens is 412 g/mol. The van der Waals surface area contributed by atoms with E-state index in [2.05, 4.69) is 5.32 Å². The minimum absolute atomic E-state index is 0.00140. The maximum Gasteiger partial charge on any atom is 0.257 e. The predicted molar refractivity (Wildman–Crippen MR) is 123 cm³/mol. The fourth-order valence-electron chi connectivity index (χ4n) is 3.76. The van der Waals surface area contributed by atoms with Gasteiger partial charge < -0.3 is 29.5 Å².